The molecule has 2 aromatic carbocycles. The molecule has 5 rings (SSSR count). The summed E-state index contributed by atoms with van der Waals surface area (Å²) < 4.78 is 17.2. The molecular formula is C33H38N4O5. The van der Waals surface area contributed by atoms with Crippen molar-refractivity contribution in [3.05, 3.63) is 88.3 Å². The van der Waals surface area contributed by atoms with E-state index in [0.29, 0.717) is 24.2 Å². The van der Waals surface area contributed by atoms with E-state index < -0.39 is 5.97 Å². The molecule has 220 valence electrons. The van der Waals surface area contributed by atoms with E-state index in [4.69, 9.17) is 24.6 Å². The summed E-state index contributed by atoms with van der Waals surface area (Å²) in [5.41, 5.74) is 6.12. The number of aromatic nitrogens is 1. The number of carboxylic acids is 1. The quantitative estimate of drug-likeness (QED) is 0.165. The Morgan fingerprint density at radius 1 is 1.17 bits per heavy atom. The number of methoxy groups -OCH3 is 1. The molecule has 0 atom stereocenters. The largest absolute Gasteiger partial charge is 0.488 e. The number of para-hydroxylation sites is 1. The summed E-state index contributed by atoms with van der Waals surface area (Å²) in [6, 6.07) is 18.7. The molecule has 2 aliphatic heterocycles. The molecular weight excluding hydrogens is 532 g/mol. The predicted molar refractivity (Wildman–Crippen MR) is 162 cm³/mol. The highest BCUT2D eigenvalue weighted by atomic mass is 16.5. The highest BCUT2D eigenvalue weighted by Gasteiger charge is 2.24. The van der Waals surface area contributed by atoms with Crippen molar-refractivity contribution < 1.29 is 24.1 Å². The summed E-state index contributed by atoms with van der Waals surface area (Å²) in [4.78, 5) is 18.8. The van der Waals surface area contributed by atoms with Gasteiger partial charge in [0.25, 0.3) is 0 Å². The van der Waals surface area contributed by atoms with Crippen LogP contribution in [-0.4, -0.2) is 60.1 Å². The number of aliphatic carboxylic acids is 1. The third-order valence-corrected chi connectivity index (χ3v) is 7.93. The molecule has 1 saturated heterocycles. The standard InChI is InChI=1S/C33H38N4O5/c1-22-6-3-8-27(29-9-4-10-30(35-29)36-32(40-2)28(19-34)33(38)39)31(22)42-21-23-11-12-25-20-37(15-5-7-24(25)18-23)26-13-16-41-17-14-26/h3-4,6,8-12,18-19,26,34H,5,7,13-17,20-21H2,1-2H3,(H,35,36)(H,38,39)/b32-28-,34-19?. The van der Waals surface area contributed by atoms with E-state index in [1.165, 1.54) is 18.2 Å². The van der Waals surface area contributed by atoms with Crippen molar-refractivity contribution in [3.63, 3.8) is 0 Å². The number of anilines is 1. The molecule has 9 heteroatoms. The molecule has 2 aliphatic rings. The molecule has 0 spiro atoms. The van der Waals surface area contributed by atoms with Gasteiger partial charge in [0.1, 0.15) is 23.7 Å². The number of rotatable bonds is 10. The van der Waals surface area contributed by atoms with Gasteiger partial charge in [-0.3, -0.25) is 4.90 Å². The smallest absolute Gasteiger partial charge is 0.342 e. The Kier molecular flexibility index (Phi) is 9.51. The normalized spacial score (nSPS) is 16.5. The number of nitrogens with zero attached hydrogens (tertiary/aromatic N) is 2. The Bertz CT molecular complexity index is 1460. The van der Waals surface area contributed by atoms with Crippen LogP contribution in [0.2, 0.25) is 0 Å². The van der Waals surface area contributed by atoms with Crippen LogP contribution < -0.4 is 10.1 Å². The number of pyridine rings is 1. The highest BCUT2D eigenvalue weighted by Crippen LogP contribution is 2.34. The van der Waals surface area contributed by atoms with Crippen LogP contribution in [0.3, 0.4) is 0 Å². The minimum absolute atomic E-state index is 0.0676. The van der Waals surface area contributed by atoms with Gasteiger partial charge in [0.15, 0.2) is 0 Å². The first-order chi connectivity index (χ1) is 20.5. The van der Waals surface area contributed by atoms with Gasteiger partial charge >= 0.3 is 5.97 Å². The summed E-state index contributed by atoms with van der Waals surface area (Å²) in [5.74, 6) is -0.203. The van der Waals surface area contributed by atoms with Crippen molar-refractivity contribution in [1.82, 2.24) is 9.88 Å². The number of hydrogen-bond acceptors (Lipinski definition) is 8. The van der Waals surface area contributed by atoms with E-state index in [2.05, 4.69) is 28.4 Å². The summed E-state index contributed by atoms with van der Waals surface area (Å²) in [6.45, 7) is 6.29. The first kappa shape index (κ1) is 29.3. The molecule has 0 amide bonds. The lowest BCUT2D eigenvalue weighted by atomic mass is 10.0. The van der Waals surface area contributed by atoms with Gasteiger partial charge < -0.3 is 30.0 Å². The first-order valence-corrected chi connectivity index (χ1v) is 14.4. The van der Waals surface area contributed by atoms with E-state index in [1.54, 1.807) is 6.07 Å². The molecule has 0 radical (unpaired) electrons. The molecule has 3 heterocycles. The second kappa shape index (κ2) is 13.6. The van der Waals surface area contributed by atoms with Crippen LogP contribution in [0.25, 0.3) is 11.3 Å². The number of carbonyl (C=O) groups is 1. The van der Waals surface area contributed by atoms with Crippen molar-refractivity contribution in [2.24, 2.45) is 0 Å². The maximum Gasteiger partial charge on any atom is 0.342 e. The van der Waals surface area contributed by atoms with Gasteiger partial charge in [0.2, 0.25) is 5.88 Å². The highest BCUT2D eigenvalue weighted by molar-refractivity contribution is 6.08. The molecule has 42 heavy (non-hydrogen) atoms. The van der Waals surface area contributed by atoms with Crippen LogP contribution in [-0.2, 0) is 33.8 Å². The average Bonchev–Trinajstić information content (AvgIpc) is 3.23. The zero-order chi connectivity index (χ0) is 29.5. The number of hydrogen-bond donors (Lipinski definition) is 3. The van der Waals surface area contributed by atoms with Crippen molar-refractivity contribution in [2.45, 2.75) is 51.8 Å². The second-order valence-corrected chi connectivity index (χ2v) is 10.7. The SMILES string of the molecule is CO/C(Nc1cccc(-c2cccc(C)c2OCc2ccc3c(c2)CCCN(C2CCOCC2)C3)n1)=C(/C=N)C(=O)O. The molecule has 0 bridgehead atoms. The summed E-state index contributed by atoms with van der Waals surface area (Å²) in [6.07, 6.45) is 5.19. The second-order valence-electron chi connectivity index (χ2n) is 10.7. The van der Waals surface area contributed by atoms with E-state index >= 15 is 0 Å². The van der Waals surface area contributed by atoms with Crippen LogP contribution in [0, 0.1) is 12.3 Å². The summed E-state index contributed by atoms with van der Waals surface area (Å²) in [7, 11) is 1.34. The van der Waals surface area contributed by atoms with Gasteiger partial charge in [0, 0.05) is 37.6 Å². The molecule has 0 unspecified atom stereocenters. The number of benzene rings is 2. The fourth-order valence-corrected chi connectivity index (χ4v) is 5.71. The maximum atomic E-state index is 11.5. The van der Waals surface area contributed by atoms with Gasteiger partial charge in [-0.05, 0) is 79.6 Å². The van der Waals surface area contributed by atoms with E-state index in [-0.39, 0.29) is 11.5 Å². The van der Waals surface area contributed by atoms with Crippen LogP contribution >= 0.6 is 0 Å². The number of carboxylic acid groups (broad SMARTS) is 1. The molecule has 3 aromatic rings. The lowest BCUT2D eigenvalue weighted by molar-refractivity contribution is -0.132. The number of aryl methyl sites for hydroxylation is 2. The topological polar surface area (TPSA) is 117 Å². The lowest BCUT2D eigenvalue weighted by Gasteiger charge is -2.33. The van der Waals surface area contributed by atoms with Crippen molar-refractivity contribution >= 4 is 18.0 Å². The van der Waals surface area contributed by atoms with E-state index in [9.17, 15) is 9.90 Å². The predicted octanol–water partition coefficient (Wildman–Crippen LogP) is 5.57. The molecule has 3 N–H and O–H groups in total. The molecule has 0 aliphatic carbocycles. The Labute approximate surface area is 246 Å². The van der Waals surface area contributed by atoms with Crippen molar-refractivity contribution in [3.8, 4) is 17.0 Å². The monoisotopic (exact) mass is 570 g/mol. The van der Waals surface area contributed by atoms with E-state index in [0.717, 1.165) is 80.6 Å². The van der Waals surface area contributed by atoms with Crippen molar-refractivity contribution in [1.29, 1.82) is 5.41 Å². The van der Waals surface area contributed by atoms with Crippen LogP contribution in [0.15, 0.2) is 66.1 Å². The zero-order valence-corrected chi connectivity index (χ0v) is 24.2. The molecule has 1 fully saturated rings. The number of fused-ring (bicyclic) bond motifs is 1. The van der Waals surface area contributed by atoms with Gasteiger partial charge in [0.05, 0.1) is 12.8 Å². The van der Waals surface area contributed by atoms with Gasteiger partial charge in [-0.15, -0.1) is 0 Å². The van der Waals surface area contributed by atoms with Gasteiger partial charge in [-0.2, -0.15) is 0 Å². The molecule has 9 nitrogen and oxygen atoms in total. The van der Waals surface area contributed by atoms with Crippen molar-refractivity contribution in [2.75, 3.05) is 32.2 Å². The third kappa shape index (κ3) is 6.80. The van der Waals surface area contributed by atoms with E-state index in [1.807, 2.05) is 37.3 Å². The summed E-state index contributed by atoms with van der Waals surface area (Å²) in [5, 5.41) is 19.7. The molecule has 0 saturated carbocycles. The minimum atomic E-state index is -1.27. The Hall–Kier alpha value is -4.21. The Morgan fingerprint density at radius 3 is 2.74 bits per heavy atom. The third-order valence-electron chi connectivity index (χ3n) is 7.93. The lowest BCUT2D eigenvalue weighted by Crippen LogP contribution is -2.39. The van der Waals surface area contributed by atoms with Gasteiger partial charge in [-0.1, -0.05) is 36.4 Å². The Balaban J connectivity index is 1.33. The minimum Gasteiger partial charge on any atom is -0.488 e. The zero-order valence-electron chi connectivity index (χ0n) is 24.2. The number of ether oxygens (including phenoxy) is 3. The Morgan fingerprint density at radius 2 is 1.98 bits per heavy atom. The first-order valence-electron chi connectivity index (χ1n) is 14.4. The van der Waals surface area contributed by atoms with Gasteiger partial charge in [-0.25, -0.2) is 9.78 Å². The summed E-state index contributed by atoms with van der Waals surface area (Å²) >= 11 is 0. The fourth-order valence-electron chi connectivity index (χ4n) is 5.71. The average molecular weight is 571 g/mol. The molecule has 1 aromatic heterocycles. The van der Waals surface area contributed by atoms with Crippen LogP contribution in [0.4, 0.5) is 5.82 Å². The van der Waals surface area contributed by atoms with Crippen LogP contribution in [0.5, 0.6) is 5.75 Å². The fraction of sp³-hybridized carbons (Fsp3) is 0.364. The maximum absolute atomic E-state index is 11.5. The number of nitrogens with one attached hydrogen (secondary N) is 2. The van der Waals surface area contributed by atoms with Crippen LogP contribution in [0.1, 0.15) is 41.5 Å².